The maximum Gasteiger partial charge on any atom is 0.490 e. The normalized spacial score (nSPS) is 17.0. The number of aromatic nitrogens is 2. The third-order valence-electron chi connectivity index (χ3n) is 7.39. The molecule has 0 aliphatic carbocycles. The first-order valence-corrected chi connectivity index (χ1v) is 13.3. The van der Waals surface area contributed by atoms with Crippen LogP contribution < -0.4 is 10.2 Å². The fraction of sp³-hybridized carbons (Fsp3) is 0.345. The minimum atomic E-state index is -5.11. The number of nitrogens with one attached hydrogen (secondary N) is 1. The highest BCUT2D eigenvalue weighted by Gasteiger charge is 2.59. The Bertz CT molecular complexity index is 1640. The lowest BCUT2D eigenvalue weighted by Crippen LogP contribution is -2.72. The summed E-state index contributed by atoms with van der Waals surface area (Å²) < 4.78 is 103. The number of halogens is 8. The van der Waals surface area contributed by atoms with Crippen LogP contribution in [-0.4, -0.2) is 70.4 Å². The third-order valence-corrected chi connectivity index (χ3v) is 7.39. The van der Waals surface area contributed by atoms with Gasteiger partial charge in [-0.2, -0.15) is 31.6 Å². The summed E-state index contributed by atoms with van der Waals surface area (Å²) in [6, 6.07) is 8.30. The standard InChI is InChI=1S/C27H23F5N6O.C2HF3O2/c1-17(39)36-26(27(30,31)32,20-3-4-22(28)23(29)7-20)24-5-2-18(10-35-24)12-37-13-25(14-37)15-38(16-25)21-6-19(8-33)9-34-11-21;3-2(4,5)1(6)7/h2-7,9-11H,12-16H2,1H3,(H,36,39);(H,6,7)/t26-;/m0./s1. The maximum absolute atomic E-state index is 14.5. The van der Waals surface area contributed by atoms with Gasteiger partial charge in [-0.05, 0) is 35.4 Å². The molecule has 0 bridgehead atoms. The van der Waals surface area contributed by atoms with Crippen molar-refractivity contribution in [3.8, 4) is 6.07 Å². The lowest BCUT2D eigenvalue weighted by molar-refractivity contribution is -0.192. The first-order valence-electron chi connectivity index (χ1n) is 13.3. The molecule has 17 heteroatoms. The van der Waals surface area contributed by atoms with Gasteiger partial charge in [0.15, 0.2) is 11.6 Å². The number of alkyl halides is 6. The van der Waals surface area contributed by atoms with E-state index < -0.39 is 52.7 Å². The number of carboxylic acid groups (broad SMARTS) is 1. The van der Waals surface area contributed by atoms with Gasteiger partial charge in [0.2, 0.25) is 11.4 Å². The number of amides is 1. The number of carbonyl (C=O) groups excluding carboxylic acids is 1. The van der Waals surface area contributed by atoms with E-state index in [4.69, 9.17) is 15.2 Å². The molecular weight excluding hydrogens is 632 g/mol. The topological polar surface area (TPSA) is 122 Å². The molecule has 2 saturated heterocycles. The zero-order chi connectivity index (χ0) is 34.1. The van der Waals surface area contributed by atoms with Gasteiger partial charge in [-0.15, -0.1) is 0 Å². The fourth-order valence-corrected chi connectivity index (χ4v) is 5.48. The molecule has 0 radical (unpaired) electrons. The highest BCUT2D eigenvalue weighted by atomic mass is 19.4. The maximum atomic E-state index is 14.5. The van der Waals surface area contributed by atoms with Crippen LogP contribution in [0.3, 0.4) is 0 Å². The van der Waals surface area contributed by atoms with Crippen molar-refractivity contribution in [2.75, 3.05) is 31.1 Å². The lowest BCUT2D eigenvalue weighted by Gasteiger charge is -2.61. The molecule has 5 rings (SSSR count). The number of benzene rings is 1. The van der Waals surface area contributed by atoms with E-state index in [2.05, 4.69) is 25.8 Å². The number of carbonyl (C=O) groups is 2. The molecule has 0 saturated carbocycles. The van der Waals surface area contributed by atoms with E-state index in [1.54, 1.807) is 12.3 Å². The minimum absolute atomic E-state index is 0.111. The summed E-state index contributed by atoms with van der Waals surface area (Å²) in [7, 11) is 0. The van der Waals surface area contributed by atoms with Crippen molar-refractivity contribution in [2.45, 2.75) is 31.4 Å². The van der Waals surface area contributed by atoms with E-state index in [-0.39, 0.29) is 5.41 Å². The smallest absolute Gasteiger partial charge is 0.475 e. The second kappa shape index (κ2) is 12.5. The summed E-state index contributed by atoms with van der Waals surface area (Å²) in [5, 5.41) is 18.1. The number of nitriles is 1. The van der Waals surface area contributed by atoms with Crippen LogP contribution in [0.15, 0.2) is 55.0 Å². The van der Waals surface area contributed by atoms with Crippen molar-refractivity contribution in [3.63, 3.8) is 0 Å². The fourth-order valence-electron chi connectivity index (χ4n) is 5.48. The van der Waals surface area contributed by atoms with E-state index in [1.807, 2.05) is 5.32 Å². The second-order valence-corrected chi connectivity index (χ2v) is 11.0. The number of carboxylic acids is 1. The summed E-state index contributed by atoms with van der Waals surface area (Å²) in [6.45, 7) is 4.60. The van der Waals surface area contributed by atoms with Crippen LogP contribution in [0.1, 0.15) is 29.3 Å². The average molecular weight is 657 g/mol. The molecule has 9 nitrogen and oxygen atoms in total. The molecule has 2 aliphatic heterocycles. The summed E-state index contributed by atoms with van der Waals surface area (Å²) in [4.78, 5) is 33.2. The van der Waals surface area contributed by atoms with Crippen LogP contribution in [0.5, 0.6) is 0 Å². The first kappa shape index (κ1) is 34.0. The first-order chi connectivity index (χ1) is 21.4. The zero-order valence-electron chi connectivity index (χ0n) is 23.8. The highest BCUT2D eigenvalue weighted by Crippen LogP contribution is 2.45. The van der Waals surface area contributed by atoms with Crippen LogP contribution in [-0.2, 0) is 21.7 Å². The molecule has 46 heavy (non-hydrogen) atoms. The molecule has 4 heterocycles. The van der Waals surface area contributed by atoms with Crippen LogP contribution in [0, 0.1) is 28.4 Å². The molecule has 2 N–H and O–H groups in total. The summed E-state index contributed by atoms with van der Waals surface area (Å²) in [6.07, 6.45) is -5.66. The lowest BCUT2D eigenvalue weighted by atomic mass is 9.72. The number of hydrogen-bond donors (Lipinski definition) is 2. The van der Waals surface area contributed by atoms with Crippen LogP contribution in [0.25, 0.3) is 0 Å². The van der Waals surface area contributed by atoms with Gasteiger partial charge in [0.25, 0.3) is 0 Å². The van der Waals surface area contributed by atoms with Crippen molar-refractivity contribution >= 4 is 17.6 Å². The van der Waals surface area contributed by atoms with E-state index in [9.17, 15) is 39.9 Å². The number of anilines is 1. The number of hydrogen-bond acceptors (Lipinski definition) is 7. The van der Waals surface area contributed by atoms with Gasteiger partial charge in [-0.25, -0.2) is 13.6 Å². The zero-order valence-corrected chi connectivity index (χ0v) is 23.8. The quantitative estimate of drug-likeness (QED) is 0.372. The molecule has 0 unspecified atom stereocenters. The van der Waals surface area contributed by atoms with Crippen LogP contribution in [0.4, 0.5) is 40.8 Å². The molecule has 1 amide bonds. The van der Waals surface area contributed by atoms with Gasteiger partial charge in [-0.1, -0.05) is 12.1 Å². The molecule has 1 spiro atoms. The molecule has 244 valence electrons. The molecule has 1 atom stereocenters. The Hall–Kier alpha value is -4.85. The Morgan fingerprint density at radius 3 is 2.13 bits per heavy atom. The number of rotatable bonds is 6. The van der Waals surface area contributed by atoms with Crippen molar-refractivity contribution in [1.29, 1.82) is 5.26 Å². The number of pyridine rings is 2. The van der Waals surface area contributed by atoms with Gasteiger partial charge >= 0.3 is 18.3 Å². The Morgan fingerprint density at radius 1 is 0.978 bits per heavy atom. The van der Waals surface area contributed by atoms with Gasteiger partial charge in [-0.3, -0.25) is 19.7 Å². The van der Waals surface area contributed by atoms with Crippen LogP contribution >= 0.6 is 0 Å². The second-order valence-electron chi connectivity index (χ2n) is 11.0. The largest absolute Gasteiger partial charge is 0.490 e. The molecular formula is C29H24F8N6O3. The number of nitrogens with zero attached hydrogens (tertiary/aromatic N) is 5. The van der Waals surface area contributed by atoms with Gasteiger partial charge < -0.3 is 15.3 Å². The Kier molecular flexibility index (Phi) is 9.25. The summed E-state index contributed by atoms with van der Waals surface area (Å²) in [5.41, 5.74) is -2.26. The molecule has 3 aromatic rings. The SMILES string of the molecule is CC(=O)N[C@@](c1ccc(F)c(F)c1)(c1ccc(CN2CC3(C2)CN(c2cncc(C#N)c2)C3)cn1)C(F)(F)F.O=C(O)C(F)(F)F. The Morgan fingerprint density at radius 2 is 1.63 bits per heavy atom. The minimum Gasteiger partial charge on any atom is -0.475 e. The van der Waals surface area contributed by atoms with Crippen molar-refractivity contribution in [3.05, 3.63) is 89.0 Å². The van der Waals surface area contributed by atoms with Crippen molar-refractivity contribution in [2.24, 2.45) is 5.41 Å². The summed E-state index contributed by atoms with van der Waals surface area (Å²) >= 11 is 0. The molecule has 1 aromatic carbocycles. The van der Waals surface area contributed by atoms with E-state index in [0.717, 1.165) is 50.9 Å². The van der Waals surface area contributed by atoms with Crippen molar-refractivity contribution in [1.82, 2.24) is 20.2 Å². The van der Waals surface area contributed by atoms with Crippen molar-refractivity contribution < 1.29 is 49.8 Å². The Labute approximate surface area is 256 Å². The van der Waals surface area contributed by atoms with E-state index in [1.165, 1.54) is 18.5 Å². The van der Waals surface area contributed by atoms with Gasteiger partial charge in [0.05, 0.1) is 23.1 Å². The Balaban J connectivity index is 0.000000617. The molecule has 2 aromatic heterocycles. The highest BCUT2D eigenvalue weighted by molar-refractivity contribution is 5.75. The predicted octanol–water partition coefficient (Wildman–Crippen LogP) is 4.52. The monoisotopic (exact) mass is 656 g/mol. The summed E-state index contributed by atoms with van der Waals surface area (Å²) in [5.74, 6) is -6.56. The van der Waals surface area contributed by atoms with Gasteiger partial charge in [0.1, 0.15) is 6.07 Å². The predicted molar refractivity (Wildman–Crippen MR) is 144 cm³/mol. The molecule has 2 aliphatic rings. The van der Waals surface area contributed by atoms with E-state index in [0.29, 0.717) is 29.8 Å². The third kappa shape index (κ3) is 7.01. The van der Waals surface area contributed by atoms with Crippen LogP contribution in [0.2, 0.25) is 0 Å². The number of aliphatic carboxylic acids is 1. The average Bonchev–Trinajstić information content (AvgIpc) is 2.93. The molecule has 2 fully saturated rings. The van der Waals surface area contributed by atoms with E-state index >= 15 is 0 Å². The number of likely N-dealkylation sites (tertiary alicyclic amines) is 1. The van der Waals surface area contributed by atoms with Gasteiger partial charge in [0, 0.05) is 57.5 Å².